The Morgan fingerprint density at radius 2 is 1.63 bits per heavy atom. The first-order valence-electron chi connectivity index (χ1n) is 13.0. The highest BCUT2D eigenvalue weighted by Crippen LogP contribution is 2.45. The van der Waals surface area contributed by atoms with Gasteiger partial charge in [0.2, 0.25) is 0 Å². The van der Waals surface area contributed by atoms with Gasteiger partial charge in [0.15, 0.2) is 5.82 Å². The van der Waals surface area contributed by atoms with Crippen LogP contribution in [-0.4, -0.2) is 31.8 Å². The monoisotopic (exact) mass is 525 g/mol. The van der Waals surface area contributed by atoms with Crippen LogP contribution in [0.1, 0.15) is 47.2 Å². The topological polar surface area (TPSA) is 75.3 Å². The number of aromatic nitrogens is 2. The van der Waals surface area contributed by atoms with Crippen LogP contribution in [0.2, 0.25) is 0 Å². The maximum Gasteiger partial charge on any atom is 0.265 e. The molecule has 194 valence electrons. The average Bonchev–Trinajstić information content (AvgIpc) is 3.33. The summed E-state index contributed by atoms with van der Waals surface area (Å²) in [6.07, 6.45) is 7.55. The van der Waals surface area contributed by atoms with Gasteiger partial charge in [-0.15, -0.1) is 0 Å². The van der Waals surface area contributed by atoms with Crippen LogP contribution < -0.4 is 9.04 Å². The highest BCUT2D eigenvalue weighted by molar-refractivity contribution is 7.92. The number of fused-ring (bicyclic) bond motifs is 1. The number of nitrogens with one attached hydrogen (secondary N) is 1. The Morgan fingerprint density at radius 1 is 0.947 bits per heavy atom. The van der Waals surface area contributed by atoms with Gasteiger partial charge in [-0.1, -0.05) is 72.3 Å². The number of aromatic amines is 1. The number of anilines is 1. The Labute approximate surface area is 224 Å². The summed E-state index contributed by atoms with van der Waals surface area (Å²) in [4.78, 5) is 0.295. The Hall–Kier alpha value is -3.84. The normalized spacial score (nSPS) is 19.0. The minimum absolute atomic E-state index is 0.0931. The molecule has 6 rings (SSSR count). The molecule has 38 heavy (non-hydrogen) atoms. The average molecular weight is 526 g/mol. The molecule has 0 spiro atoms. The lowest BCUT2D eigenvalue weighted by molar-refractivity contribution is 0.413. The van der Waals surface area contributed by atoms with Gasteiger partial charge in [0, 0.05) is 29.1 Å². The van der Waals surface area contributed by atoms with E-state index in [0.717, 1.165) is 53.0 Å². The van der Waals surface area contributed by atoms with Crippen molar-refractivity contribution in [3.8, 4) is 5.75 Å². The molecule has 1 aromatic heterocycles. The van der Waals surface area contributed by atoms with Gasteiger partial charge in [0.05, 0.1) is 12.0 Å². The minimum Gasteiger partial charge on any atom is -0.497 e. The molecule has 6 nitrogen and oxygen atoms in total. The van der Waals surface area contributed by atoms with Crippen molar-refractivity contribution in [2.75, 3.05) is 11.4 Å². The molecule has 1 saturated carbocycles. The van der Waals surface area contributed by atoms with Crippen LogP contribution in [0.5, 0.6) is 5.75 Å². The van der Waals surface area contributed by atoms with E-state index < -0.39 is 15.4 Å². The fraction of sp³-hybridized carbons (Fsp3) is 0.258. The number of hydrogen-bond acceptors (Lipinski definition) is 4. The molecule has 2 aliphatic carbocycles. The van der Waals surface area contributed by atoms with Crippen molar-refractivity contribution < 1.29 is 13.2 Å². The van der Waals surface area contributed by atoms with E-state index >= 15 is 0 Å². The number of rotatable bonds is 7. The fourth-order valence-corrected chi connectivity index (χ4v) is 7.21. The first-order chi connectivity index (χ1) is 18.4. The highest BCUT2D eigenvalue weighted by atomic mass is 32.2. The van der Waals surface area contributed by atoms with E-state index in [1.54, 1.807) is 23.5 Å². The maximum atomic E-state index is 13.9. The number of H-pyrrole nitrogens is 1. The van der Waals surface area contributed by atoms with Crippen LogP contribution in [-0.2, 0) is 21.9 Å². The number of methoxy groups -OCH3 is 1. The highest BCUT2D eigenvalue weighted by Gasteiger charge is 2.41. The van der Waals surface area contributed by atoms with Crippen molar-refractivity contribution in [1.29, 1.82) is 0 Å². The van der Waals surface area contributed by atoms with Crippen molar-refractivity contribution in [1.82, 2.24) is 10.2 Å². The van der Waals surface area contributed by atoms with E-state index in [9.17, 15) is 8.42 Å². The van der Waals surface area contributed by atoms with Gasteiger partial charge in [-0.3, -0.25) is 5.10 Å². The van der Waals surface area contributed by atoms with Gasteiger partial charge >= 0.3 is 0 Å². The summed E-state index contributed by atoms with van der Waals surface area (Å²) in [5, 5.41) is 7.87. The number of aryl methyl sites for hydroxylation is 1. The van der Waals surface area contributed by atoms with E-state index in [0.29, 0.717) is 17.1 Å². The van der Waals surface area contributed by atoms with E-state index in [1.807, 2.05) is 43.3 Å². The standard InChI is InChI=1S/C31H31N3O3S/c1-22-11-17-27(18-12-22)38(35,36)34(25-9-6-10-25)30-28-19-20-31(21-29(28)32-33-30,23-7-4-3-5-8-23)24-13-15-26(37-2)16-14-24/h3-5,7-8,11-20,25H,6,9-10,21H2,1-2H3,(H,32,33). The van der Waals surface area contributed by atoms with Crippen LogP contribution >= 0.6 is 0 Å². The van der Waals surface area contributed by atoms with Gasteiger partial charge in [-0.25, -0.2) is 12.7 Å². The summed E-state index contributed by atoms with van der Waals surface area (Å²) in [5.41, 5.74) is 4.65. The van der Waals surface area contributed by atoms with Crippen LogP contribution in [0.25, 0.3) is 6.08 Å². The van der Waals surface area contributed by atoms with Gasteiger partial charge in [-0.2, -0.15) is 5.10 Å². The number of ether oxygens (including phenoxy) is 1. The fourth-order valence-electron chi connectivity index (χ4n) is 5.53. The lowest BCUT2D eigenvalue weighted by Gasteiger charge is -2.38. The first kappa shape index (κ1) is 24.5. The predicted molar refractivity (Wildman–Crippen MR) is 150 cm³/mol. The quantitative estimate of drug-likeness (QED) is 0.320. The maximum absolute atomic E-state index is 13.9. The molecule has 1 fully saturated rings. The molecule has 1 atom stereocenters. The van der Waals surface area contributed by atoms with Gasteiger partial charge in [0.1, 0.15) is 5.75 Å². The lowest BCUT2D eigenvalue weighted by atomic mass is 9.68. The van der Waals surface area contributed by atoms with Crippen molar-refractivity contribution >= 4 is 21.9 Å². The number of nitrogens with zero attached hydrogens (tertiary/aromatic N) is 2. The molecule has 1 N–H and O–H groups in total. The third kappa shape index (κ3) is 4.02. The molecular weight excluding hydrogens is 494 g/mol. The molecule has 0 radical (unpaired) electrons. The SMILES string of the molecule is COc1ccc(C2(c3ccccc3)C=Cc3c(N(C4CCC4)S(=O)(=O)c4ccc(C)cc4)n[nH]c3C2)cc1. The van der Waals surface area contributed by atoms with Crippen LogP contribution in [0, 0.1) is 6.92 Å². The van der Waals surface area contributed by atoms with Crippen LogP contribution in [0.3, 0.4) is 0 Å². The molecule has 2 aliphatic rings. The molecule has 0 aliphatic heterocycles. The molecule has 4 aromatic rings. The first-order valence-corrected chi connectivity index (χ1v) is 14.4. The second kappa shape index (κ2) is 9.48. The molecule has 0 amide bonds. The number of sulfonamides is 1. The summed E-state index contributed by atoms with van der Waals surface area (Å²) in [6.45, 7) is 1.96. The summed E-state index contributed by atoms with van der Waals surface area (Å²) in [5.74, 6) is 1.29. The number of benzene rings is 3. The Bertz CT molecular complexity index is 1570. The lowest BCUT2D eigenvalue weighted by Crippen LogP contribution is -2.45. The molecule has 1 unspecified atom stereocenters. The Morgan fingerprint density at radius 3 is 2.26 bits per heavy atom. The van der Waals surface area contributed by atoms with Crippen molar-refractivity contribution in [3.05, 3.63) is 113 Å². The zero-order valence-electron chi connectivity index (χ0n) is 21.6. The molecular formula is C31H31N3O3S. The Balaban J connectivity index is 1.45. The largest absolute Gasteiger partial charge is 0.497 e. The number of hydrogen-bond donors (Lipinski definition) is 1. The minimum atomic E-state index is -3.77. The van der Waals surface area contributed by atoms with Crippen LogP contribution in [0.15, 0.2) is 89.8 Å². The molecule has 7 heteroatoms. The van der Waals surface area contributed by atoms with E-state index in [4.69, 9.17) is 4.74 Å². The van der Waals surface area contributed by atoms with E-state index in [1.165, 1.54) is 0 Å². The van der Waals surface area contributed by atoms with E-state index in [-0.39, 0.29) is 6.04 Å². The predicted octanol–water partition coefficient (Wildman–Crippen LogP) is 6.03. The summed E-state index contributed by atoms with van der Waals surface area (Å²) < 4.78 is 34.8. The van der Waals surface area contributed by atoms with Gasteiger partial charge < -0.3 is 4.74 Å². The van der Waals surface area contributed by atoms with Crippen molar-refractivity contribution in [2.45, 2.75) is 49.0 Å². The smallest absolute Gasteiger partial charge is 0.265 e. The molecule has 0 bridgehead atoms. The van der Waals surface area contributed by atoms with Crippen LogP contribution in [0.4, 0.5) is 5.82 Å². The second-order valence-electron chi connectivity index (χ2n) is 10.2. The molecule has 3 aromatic carbocycles. The Kier molecular flexibility index (Phi) is 6.11. The summed E-state index contributed by atoms with van der Waals surface area (Å²) in [6, 6.07) is 25.5. The van der Waals surface area contributed by atoms with Gasteiger partial charge in [0.25, 0.3) is 10.0 Å². The second-order valence-corrected chi connectivity index (χ2v) is 12.0. The zero-order valence-corrected chi connectivity index (χ0v) is 22.4. The molecule has 0 saturated heterocycles. The number of allylic oxidation sites excluding steroid dienone is 1. The van der Waals surface area contributed by atoms with Crippen molar-refractivity contribution in [2.24, 2.45) is 0 Å². The zero-order chi connectivity index (χ0) is 26.3. The summed E-state index contributed by atoms with van der Waals surface area (Å²) >= 11 is 0. The third-order valence-corrected chi connectivity index (χ3v) is 9.80. The van der Waals surface area contributed by atoms with Crippen molar-refractivity contribution in [3.63, 3.8) is 0 Å². The third-order valence-electron chi connectivity index (χ3n) is 7.94. The van der Waals surface area contributed by atoms with E-state index in [2.05, 4.69) is 52.7 Å². The summed E-state index contributed by atoms with van der Waals surface area (Å²) in [7, 11) is -2.11. The molecule has 1 heterocycles. The van der Waals surface area contributed by atoms with Gasteiger partial charge in [-0.05, 0) is 61.6 Å².